The molecule has 4 aromatic rings. The zero-order valence-electron chi connectivity index (χ0n) is 20.1. The number of benzene rings is 3. The molecule has 0 spiro atoms. The molecule has 36 heavy (non-hydrogen) atoms. The second kappa shape index (κ2) is 8.57. The Morgan fingerprint density at radius 1 is 1.00 bits per heavy atom. The van der Waals surface area contributed by atoms with E-state index in [4.69, 9.17) is 14.2 Å². The summed E-state index contributed by atoms with van der Waals surface area (Å²) in [6.45, 7) is 2.06. The lowest BCUT2D eigenvalue weighted by atomic mass is 9.84. The number of nitrogens with zero attached hydrogens (tertiary/aromatic N) is 3. The van der Waals surface area contributed by atoms with Crippen molar-refractivity contribution in [2.75, 3.05) is 19.5 Å². The summed E-state index contributed by atoms with van der Waals surface area (Å²) >= 11 is 0. The third-order valence-electron chi connectivity index (χ3n) is 6.64. The topological polar surface area (TPSA) is 87.5 Å². The first kappa shape index (κ1) is 21.9. The van der Waals surface area contributed by atoms with Crippen LogP contribution in [0.2, 0.25) is 0 Å². The first-order chi connectivity index (χ1) is 17.6. The lowest BCUT2D eigenvalue weighted by Gasteiger charge is -2.39. The van der Waals surface area contributed by atoms with Crippen LogP contribution in [0.3, 0.4) is 0 Å². The molecular formula is C28H24N4O4. The summed E-state index contributed by atoms with van der Waals surface area (Å²) in [5, 5.41) is 8.07. The smallest absolute Gasteiger partial charge is 0.337 e. The molecule has 180 valence electrons. The zero-order valence-corrected chi connectivity index (χ0v) is 20.1. The molecule has 8 nitrogen and oxygen atoms in total. The zero-order chi connectivity index (χ0) is 24.8. The number of ether oxygens (including phenoxy) is 3. The van der Waals surface area contributed by atoms with Gasteiger partial charge in [0.25, 0.3) is 0 Å². The third-order valence-corrected chi connectivity index (χ3v) is 6.64. The number of rotatable bonds is 4. The van der Waals surface area contributed by atoms with E-state index in [1.807, 2.05) is 53.2 Å². The van der Waals surface area contributed by atoms with Crippen molar-refractivity contribution < 1.29 is 19.0 Å². The molecule has 0 saturated heterocycles. The van der Waals surface area contributed by atoms with Crippen molar-refractivity contribution in [2.45, 2.75) is 19.1 Å². The number of hydrogen-bond donors (Lipinski definition) is 1. The Kier molecular flexibility index (Phi) is 5.21. The average Bonchev–Trinajstić information content (AvgIpc) is 3.39. The molecule has 6 rings (SSSR count). The van der Waals surface area contributed by atoms with E-state index in [0.29, 0.717) is 11.5 Å². The van der Waals surface area contributed by atoms with Crippen LogP contribution < -0.4 is 14.8 Å². The second-order valence-corrected chi connectivity index (χ2v) is 8.77. The number of carbonyl (C=O) groups is 1. The van der Waals surface area contributed by atoms with Gasteiger partial charge in [-0.05, 0) is 54.4 Å². The second-order valence-electron chi connectivity index (χ2n) is 8.77. The van der Waals surface area contributed by atoms with E-state index in [0.717, 1.165) is 45.0 Å². The minimum Gasteiger partial charge on any atom is -0.497 e. The quantitative estimate of drug-likeness (QED) is 0.414. The van der Waals surface area contributed by atoms with Crippen LogP contribution in [-0.2, 0) is 4.74 Å². The Morgan fingerprint density at radius 3 is 2.47 bits per heavy atom. The van der Waals surface area contributed by atoms with Crippen molar-refractivity contribution in [3.05, 3.63) is 106 Å². The van der Waals surface area contributed by atoms with Gasteiger partial charge in [-0.1, -0.05) is 35.9 Å². The van der Waals surface area contributed by atoms with E-state index in [1.165, 1.54) is 7.11 Å². The van der Waals surface area contributed by atoms with E-state index in [1.54, 1.807) is 25.6 Å². The van der Waals surface area contributed by atoms with Crippen LogP contribution in [0, 0.1) is 6.92 Å². The van der Waals surface area contributed by atoms with Crippen LogP contribution in [-0.4, -0.2) is 35.0 Å². The molecular weight excluding hydrogens is 456 g/mol. The van der Waals surface area contributed by atoms with Crippen LogP contribution >= 0.6 is 0 Å². The van der Waals surface area contributed by atoms with Gasteiger partial charge < -0.3 is 19.5 Å². The van der Waals surface area contributed by atoms with Gasteiger partial charge in [0.2, 0.25) is 5.95 Å². The van der Waals surface area contributed by atoms with Gasteiger partial charge in [-0.15, -0.1) is 0 Å². The molecule has 2 aliphatic rings. The Labute approximate surface area is 208 Å². The molecule has 0 radical (unpaired) electrons. The van der Waals surface area contributed by atoms with E-state index < -0.39 is 6.10 Å². The maximum Gasteiger partial charge on any atom is 0.337 e. The van der Waals surface area contributed by atoms with Gasteiger partial charge in [0.05, 0.1) is 25.5 Å². The first-order valence-electron chi connectivity index (χ1n) is 11.6. The normalized spacial score (nSPS) is 17.8. The summed E-state index contributed by atoms with van der Waals surface area (Å²) in [6.07, 6.45) is 1.12. The molecule has 1 N–H and O–H groups in total. The maximum atomic E-state index is 12.0. The molecule has 8 heteroatoms. The number of methoxy groups -OCH3 is 2. The van der Waals surface area contributed by atoms with Crippen molar-refractivity contribution in [3.63, 3.8) is 0 Å². The lowest BCUT2D eigenvalue weighted by molar-refractivity contribution is 0.0600. The van der Waals surface area contributed by atoms with Gasteiger partial charge in [0.1, 0.15) is 30.0 Å². The van der Waals surface area contributed by atoms with Crippen LogP contribution in [0.5, 0.6) is 11.5 Å². The molecule has 0 aliphatic carbocycles. The number of carbonyl (C=O) groups excluding carboxylic acids is 1. The number of anilines is 1. The number of fused-ring (bicyclic) bond motifs is 3. The molecule has 0 saturated carbocycles. The summed E-state index contributed by atoms with van der Waals surface area (Å²) in [5.74, 6) is 1.82. The molecule has 2 aliphatic heterocycles. The van der Waals surface area contributed by atoms with Gasteiger partial charge in [0, 0.05) is 11.1 Å². The summed E-state index contributed by atoms with van der Waals surface area (Å²) < 4.78 is 18.8. The van der Waals surface area contributed by atoms with E-state index in [9.17, 15) is 4.79 Å². The largest absolute Gasteiger partial charge is 0.497 e. The summed E-state index contributed by atoms with van der Waals surface area (Å²) in [7, 11) is 3.03. The Bertz CT molecular complexity index is 1490. The standard InChI is InChI=1S/C28H24N4O4/c1-16-4-13-22-21(14-16)24-23(26(36-22)18-5-7-19(8-6-18)27(33)35-3)25(32-28(31-24)29-15-30-32)17-9-11-20(34-2)12-10-17/h4-15,25-26H,1-3H3,(H,29,30,31)/t25-,26+/m0/s1. The van der Waals surface area contributed by atoms with Crippen molar-refractivity contribution in [1.29, 1.82) is 0 Å². The molecule has 2 atom stereocenters. The number of hydrogen-bond acceptors (Lipinski definition) is 7. The van der Waals surface area contributed by atoms with Crippen molar-refractivity contribution >= 4 is 17.6 Å². The van der Waals surface area contributed by atoms with Crippen molar-refractivity contribution in [3.8, 4) is 11.5 Å². The third kappa shape index (κ3) is 3.50. The average molecular weight is 481 g/mol. The summed E-state index contributed by atoms with van der Waals surface area (Å²) in [6, 6.07) is 21.2. The van der Waals surface area contributed by atoms with Crippen molar-refractivity contribution in [1.82, 2.24) is 14.8 Å². The SMILES string of the molecule is COC(=O)c1ccc([C@H]2Oc3ccc(C)cc3C3=C2[C@H](c2ccc(OC)cc2)n2ncnc2N3)cc1. The monoisotopic (exact) mass is 480 g/mol. The molecule has 0 amide bonds. The molecule has 3 aromatic carbocycles. The molecule has 3 heterocycles. The number of aromatic nitrogens is 3. The highest BCUT2D eigenvalue weighted by Gasteiger charge is 2.41. The highest BCUT2D eigenvalue weighted by Crippen LogP contribution is 2.50. The molecule has 0 bridgehead atoms. The van der Waals surface area contributed by atoms with Crippen LogP contribution in [0.1, 0.15) is 44.8 Å². The fourth-order valence-electron chi connectivity index (χ4n) is 4.88. The number of aryl methyl sites for hydroxylation is 1. The summed E-state index contributed by atoms with van der Waals surface area (Å²) in [5.41, 5.74) is 6.46. The fraction of sp³-hybridized carbons (Fsp3) is 0.179. The predicted molar refractivity (Wildman–Crippen MR) is 134 cm³/mol. The lowest BCUT2D eigenvalue weighted by Crippen LogP contribution is -2.32. The van der Waals surface area contributed by atoms with Crippen LogP contribution in [0.15, 0.2) is 78.6 Å². The van der Waals surface area contributed by atoms with Gasteiger partial charge in [-0.2, -0.15) is 10.1 Å². The summed E-state index contributed by atoms with van der Waals surface area (Å²) in [4.78, 5) is 16.5. The van der Waals surface area contributed by atoms with Gasteiger partial charge >= 0.3 is 5.97 Å². The highest BCUT2D eigenvalue weighted by atomic mass is 16.5. The molecule has 0 unspecified atom stereocenters. The first-order valence-corrected chi connectivity index (χ1v) is 11.6. The number of nitrogens with one attached hydrogen (secondary N) is 1. The minimum atomic E-state index is -0.432. The van der Waals surface area contributed by atoms with E-state index >= 15 is 0 Å². The van der Waals surface area contributed by atoms with Gasteiger partial charge in [0.15, 0.2) is 0 Å². The maximum absolute atomic E-state index is 12.0. The molecule has 1 aromatic heterocycles. The van der Waals surface area contributed by atoms with E-state index in [-0.39, 0.29) is 12.0 Å². The molecule has 0 fully saturated rings. The van der Waals surface area contributed by atoms with Gasteiger partial charge in [-0.25, -0.2) is 9.48 Å². The van der Waals surface area contributed by atoms with Crippen LogP contribution in [0.25, 0.3) is 5.70 Å². The van der Waals surface area contributed by atoms with Gasteiger partial charge in [-0.3, -0.25) is 0 Å². The Balaban J connectivity index is 1.56. The predicted octanol–water partition coefficient (Wildman–Crippen LogP) is 4.94. The fourth-order valence-corrected chi connectivity index (χ4v) is 4.88. The van der Waals surface area contributed by atoms with Crippen molar-refractivity contribution in [2.24, 2.45) is 0 Å². The number of esters is 1. The Morgan fingerprint density at radius 2 is 1.75 bits per heavy atom. The minimum absolute atomic E-state index is 0.274. The van der Waals surface area contributed by atoms with Crippen LogP contribution in [0.4, 0.5) is 5.95 Å². The Hall–Kier alpha value is -4.59. The highest BCUT2D eigenvalue weighted by molar-refractivity contribution is 5.89. The van der Waals surface area contributed by atoms with E-state index in [2.05, 4.69) is 28.4 Å².